The third-order valence-electron chi connectivity index (χ3n) is 4.10. The Labute approximate surface area is 122 Å². The summed E-state index contributed by atoms with van der Waals surface area (Å²) >= 11 is 0. The molecule has 1 amide bonds. The molecule has 0 unspecified atom stereocenters. The highest BCUT2D eigenvalue weighted by Gasteiger charge is 2.44. The highest BCUT2D eigenvalue weighted by Crippen LogP contribution is 2.38. The van der Waals surface area contributed by atoms with Crippen LogP contribution in [0.4, 0.5) is 5.69 Å². The lowest BCUT2D eigenvalue weighted by molar-refractivity contribution is -0.0246. The monoisotopic (exact) mass is 294 g/mol. The van der Waals surface area contributed by atoms with E-state index >= 15 is 0 Å². The van der Waals surface area contributed by atoms with Crippen LogP contribution in [-0.2, 0) is 4.74 Å². The lowest BCUT2D eigenvalue weighted by Crippen LogP contribution is -2.47. The summed E-state index contributed by atoms with van der Waals surface area (Å²) in [5, 5.41) is 23.0. The molecule has 0 radical (unpaired) electrons. The normalized spacial score (nSPS) is 27.7. The molecule has 3 N–H and O–H groups in total. The van der Waals surface area contributed by atoms with Crippen molar-refractivity contribution in [3.63, 3.8) is 0 Å². The van der Waals surface area contributed by atoms with E-state index in [1.165, 1.54) is 19.2 Å². The zero-order chi connectivity index (χ0) is 15.1. The van der Waals surface area contributed by atoms with Gasteiger partial charge in [-0.3, -0.25) is 4.79 Å². The average molecular weight is 294 g/mol. The van der Waals surface area contributed by atoms with Crippen LogP contribution >= 0.6 is 0 Å². The predicted octanol–water partition coefficient (Wildman–Crippen LogP) is 0.722. The minimum atomic E-state index is -0.914. The quantitative estimate of drug-likeness (QED) is 0.744. The molecule has 2 heterocycles. The summed E-state index contributed by atoms with van der Waals surface area (Å²) in [6, 6.07) is 2.50. The maximum Gasteiger partial charge on any atom is 0.258 e. The Hall–Kier alpha value is -1.99. The fourth-order valence-electron chi connectivity index (χ4n) is 3.05. The third kappa shape index (κ3) is 2.09. The van der Waals surface area contributed by atoms with Gasteiger partial charge in [0, 0.05) is 13.2 Å². The Balaban J connectivity index is 2.09. The van der Waals surface area contributed by atoms with Crippen LogP contribution in [0.15, 0.2) is 12.1 Å². The van der Waals surface area contributed by atoms with Crippen molar-refractivity contribution in [3.05, 3.63) is 17.7 Å². The minimum absolute atomic E-state index is 0.0888. The van der Waals surface area contributed by atoms with Crippen molar-refractivity contribution in [3.8, 4) is 11.5 Å². The largest absolute Gasteiger partial charge is 0.504 e. The maximum atomic E-state index is 12.8. The van der Waals surface area contributed by atoms with Crippen LogP contribution in [0.25, 0.3) is 0 Å². The van der Waals surface area contributed by atoms with E-state index in [2.05, 4.69) is 5.32 Å². The fourth-order valence-corrected chi connectivity index (χ4v) is 3.05. The first kappa shape index (κ1) is 14.0. The van der Waals surface area contributed by atoms with Gasteiger partial charge >= 0.3 is 0 Å². The number of benzene rings is 1. The number of amides is 1. The minimum Gasteiger partial charge on any atom is -0.504 e. The molecule has 0 saturated carbocycles. The summed E-state index contributed by atoms with van der Waals surface area (Å²) < 4.78 is 10.4. The molecule has 2 aliphatic heterocycles. The molecule has 1 saturated heterocycles. The van der Waals surface area contributed by atoms with Crippen LogP contribution in [0.5, 0.6) is 11.5 Å². The van der Waals surface area contributed by atoms with Crippen LogP contribution in [0.2, 0.25) is 0 Å². The van der Waals surface area contributed by atoms with Gasteiger partial charge in [-0.05, 0) is 18.9 Å². The zero-order valence-electron chi connectivity index (χ0n) is 11.9. The maximum absolute atomic E-state index is 12.8. The van der Waals surface area contributed by atoms with E-state index in [-0.39, 0.29) is 29.7 Å². The van der Waals surface area contributed by atoms with Gasteiger partial charge in [0.1, 0.15) is 12.5 Å². The molecule has 3 atom stereocenters. The Bertz CT molecular complexity index is 577. The van der Waals surface area contributed by atoms with Crippen LogP contribution in [0, 0.1) is 0 Å². The Morgan fingerprint density at radius 1 is 1.33 bits per heavy atom. The summed E-state index contributed by atoms with van der Waals surface area (Å²) in [5.74, 6) is -0.124. The molecule has 21 heavy (non-hydrogen) atoms. The number of fused-ring (bicyclic) bond motifs is 2. The van der Waals surface area contributed by atoms with E-state index in [9.17, 15) is 15.0 Å². The topological polar surface area (TPSA) is 91.3 Å². The SMILES string of the molecule is COc1cc2c(cc1O)N[C@@H](O)[C@@H]1CC[C@H](OC)N1C2=O. The second-order valence-electron chi connectivity index (χ2n) is 5.21. The van der Waals surface area contributed by atoms with Crippen molar-refractivity contribution in [2.45, 2.75) is 31.3 Å². The molecule has 7 heteroatoms. The molecule has 114 valence electrons. The van der Waals surface area contributed by atoms with Gasteiger partial charge in [-0.2, -0.15) is 0 Å². The summed E-state index contributed by atoms with van der Waals surface area (Å²) in [6.45, 7) is 0. The van der Waals surface area contributed by atoms with E-state index < -0.39 is 6.23 Å². The number of carbonyl (C=O) groups is 1. The smallest absolute Gasteiger partial charge is 0.258 e. The molecule has 2 aliphatic rings. The lowest BCUT2D eigenvalue weighted by Gasteiger charge is -2.29. The zero-order valence-corrected chi connectivity index (χ0v) is 11.9. The predicted molar refractivity (Wildman–Crippen MR) is 74.3 cm³/mol. The number of anilines is 1. The van der Waals surface area contributed by atoms with Gasteiger partial charge in [0.25, 0.3) is 5.91 Å². The van der Waals surface area contributed by atoms with Crippen molar-refractivity contribution >= 4 is 11.6 Å². The first-order valence-corrected chi connectivity index (χ1v) is 6.78. The Kier molecular flexibility index (Phi) is 3.38. The third-order valence-corrected chi connectivity index (χ3v) is 4.10. The van der Waals surface area contributed by atoms with Gasteiger partial charge < -0.3 is 29.9 Å². The molecule has 1 fully saturated rings. The van der Waals surface area contributed by atoms with Gasteiger partial charge in [0.15, 0.2) is 11.5 Å². The van der Waals surface area contributed by atoms with Gasteiger partial charge in [-0.1, -0.05) is 0 Å². The highest BCUT2D eigenvalue weighted by molar-refractivity contribution is 6.01. The average Bonchev–Trinajstić information content (AvgIpc) is 2.87. The number of hydrogen-bond acceptors (Lipinski definition) is 6. The summed E-state index contributed by atoms with van der Waals surface area (Å²) in [6.07, 6.45) is 0.0546. The summed E-state index contributed by atoms with van der Waals surface area (Å²) in [7, 11) is 2.96. The van der Waals surface area contributed by atoms with Gasteiger partial charge in [-0.25, -0.2) is 0 Å². The van der Waals surface area contributed by atoms with Crippen molar-refractivity contribution in [1.82, 2.24) is 4.90 Å². The number of aliphatic hydroxyl groups is 1. The van der Waals surface area contributed by atoms with Gasteiger partial charge in [0.2, 0.25) is 0 Å². The standard InChI is InChI=1S/C14H18N2O5/c1-20-11-5-7-8(6-10(11)17)15-13(18)9-3-4-12(21-2)16(9)14(7)19/h5-6,9,12-13,15,17-18H,3-4H2,1-2H3/t9-,12-,13-/m0/s1. The summed E-state index contributed by atoms with van der Waals surface area (Å²) in [4.78, 5) is 14.3. The summed E-state index contributed by atoms with van der Waals surface area (Å²) in [5.41, 5.74) is 0.727. The molecular weight excluding hydrogens is 276 g/mol. The molecular formula is C14H18N2O5. The van der Waals surface area contributed by atoms with Crippen molar-refractivity contribution in [1.29, 1.82) is 0 Å². The number of ether oxygens (including phenoxy) is 2. The number of rotatable bonds is 2. The second kappa shape index (κ2) is 5.09. The lowest BCUT2D eigenvalue weighted by atomic mass is 10.1. The molecule has 3 rings (SSSR count). The number of nitrogens with zero attached hydrogens (tertiary/aromatic N) is 1. The first-order chi connectivity index (χ1) is 10.1. The molecule has 0 aromatic heterocycles. The van der Waals surface area contributed by atoms with Crippen molar-refractivity contribution in [2.24, 2.45) is 0 Å². The van der Waals surface area contributed by atoms with Crippen molar-refractivity contribution in [2.75, 3.05) is 19.5 Å². The van der Waals surface area contributed by atoms with Crippen LogP contribution in [0.3, 0.4) is 0 Å². The fraction of sp³-hybridized carbons (Fsp3) is 0.500. The number of phenols is 1. The van der Waals surface area contributed by atoms with Crippen LogP contribution in [-0.4, -0.2) is 53.7 Å². The van der Waals surface area contributed by atoms with E-state index in [0.717, 1.165) is 0 Å². The number of carbonyl (C=O) groups excluding carboxylic acids is 1. The molecule has 0 bridgehead atoms. The Morgan fingerprint density at radius 2 is 2.10 bits per heavy atom. The van der Waals surface area contributed by atoms with Gasteiger partial charge in [0.05, 0.1) is 24.4 Å². The van der Waals surface area contributed by atoms with E-state index in [1.807, 2.05) is 0 Å². The first-order valence-electron chi connectivity index (χ1n) is 6.78. The molecule has 0 spiro atoms. The number of phenolic OH excluding ortho intramolecular Hbond substituents is 1. The van der Waals surface area contributed by atoms with Crippen LogP contribution < -0.4 is 10.1 Å². The second-order valence-corrected chi connectivity index (χ2v) is 5.21. The number of aromatic hydroxyl groups is 1. The van der Waals surface area contributed by atoms with E-state index in [1.54, 1.807) is 12.0 Å². The molecule has 7 nitrogen and oxygen atoms in total. The molecule has 0 aliphatic carbocycles. The van der Waals surface area contributed by atoms with E-state index in [0.29, 0.717) is 24.1 Å². The molecule has 1 aromatic carbocycles. The number of nitrogens with one attached hydrogen (secondary N) is 1. The number of hydrogen-bond donors (Lipinski definition) is 3. The molecule has 1 aromatic rings. The van der Waals surface area contributed by atoms with Crippen LogP contribution in [0.1, 0.15) is 23.2 Å². The van der Waals surface area contributed by atoms with Gasteiger partial charge in [-0.15, -0.1) is 0 Å². The van der Waals surface area contributed by atoms with E-state index in [4.69, 9.17) is 9.47 Å². The number of methoxy groups -OCH3 is 2. The Morgan fingerprint density at radius 3 is 2.76 bits per heavy atom. The highest BCUT2D eigenvalue weighted by atomic mass is 16.5. The number of aliphatic hydroxyl groups excluding tert-OH is 1. The van der Waals surface area contributed by atoms with Crippen molar-refractivity contribution < 1.29 is 24.5 Å².